The Morgan fingerprint density at radius 1 is 0.655 bits per heavy atom. The minimum absolute atomic E-state index is 0.129. The maximum Gasteiger partial charge on any atom is 0.407 e. The summed E-state index contributed by atoms with van der Waals surface area (Å²) in [6.45, 7) is 17.3. The van der Waals surface area contributed by atoms with Gasteiger partial charge in [0.15, 0.2) is 0 Å². The number of benzene rings is 2. The van der Waals surface area contributed by atoms with Crippen LogP contribution in [0.15, 0.2) is 48.8 Å². The van der Waals surface area contributed by atoms with Gasteiger partial charge in [0.05, 0.1) is 50.1 Å². The van der Waals surface area contributed by atoms with Crippen molar-refractivity contribution in [2.45, 2.75) is 92.4 Å². The van der Waals surface area contributed by atoms with E-state index in [2.05, 4.69) is 84.7 Å². The van der Waals surface area contributed by atoms with E-state index in [9.17, 15) is 19.2 Å². The zero-order valence-corrected chi connectivity index (χ0v) is 35.1. The molecule has 0 unspecified atom stereocenters. The largest absolute Gasteiger partial charge is 0.453 e. The van der Waals surface area contributed by atoms with Crippen molar-refractivity contribution in [3.05, 3.63) is 81.3 Å². The molecule has 2 aromatic heterocycles. The minimum Gasteiger partial charge on any atom is -0.453 e. The molecule has 14 heteroatoms. The number of fused-ring (bicyclic) bond motifs is 2. The first-order chi connectivity index (χ1) is 27.4. The first kappa shape index (κ1) is 40.5. The molecule has 308 valence electrons. The van der Waals surface area contributed by atoms with Gasteiger partial charge in [0.2, 0.25) is 11.8 Å². The van der Waals surface area contributed by atoms with Crippen LogP contribution in [0.1, 0.15) is 92.0 Å². The molecule has 2 aromatic carbocycles. The SMILES string of the molecule is COC(=O)N[C@H](C(=O)N1CC(C)(C)C[C@H]1c1ncc(-c2ccc3c(c2)=c2ccc(-c4cnc([C@@H]5CC(C)(C)CN5C(=O)[C@@H](NC(=O)OC)C(C)C)[nH]4)cc2=3)[nH]1)C(C)C. The van der Waals surface area contributed by atoms with Crippen LogP contribution in [0.4, 0.5) is 9.59 Å². The summed E-state index contributed by atoms with van der Waals surface area (Å²) in [4.78, 5) is 72.3. The van der Waals surface area contributed by atoms with Crippen molar-refractivity contribution < 1.29 is 28.7 Å². The highest BCUT2D eigenvalue weighted by atomic mass is 16.5. The Bertz CT molecular complexity index is 2260. The summed E-state index contributed by atoms with van der Waals surface area (Å²) in [7, 11) is 2.59. The second-order valence-electron chi connectivity index (χ2n) is 18.3. The van der Waals surface area contributed by atoms with Gasteiger partial charge in [-0.1, -0.05) is 79.7 Å². The number of ether oxygens (including phenoxy) is 2. The first-order valence-electron chi connectivity index (χ1n) is 20.1. The number of nitrogens with one attached hydrogen (secondary N) is 4. The van der Waals surface area contributed by atoms with Gasteiger partial charge in [-0.3, -0.25) is 9.59 Å². The lowest BCUT2D eigenvalue weighted by molar-refractivity contribution is -0.136. The molecule has 58 heavy (non-hydrogen) atoms. The van der Waals surface area contributed by atoms with Crippen molar-refractivity contribution >= 4 is 24.0 Å². The lowest BCUT2D eigenvalue weighted by Gasteiger charge is -2.30. The average molecular weight is 793 g/mol. The van der Waals surface area contributed by atoms with Crippen LogP contribution in [0.5, 0.6) is 0 Å². The number of carbonyl (C=O) groups excluding carboxylic acids is 4. The normalized spacial score (nSPS) is 19.9. The number of aromatic nitrogens is 4. The van der Waals surface area contributed by atoms with Gasteiger partial charge in [-0.2, -0.15) is 0 Å². The number of amides is 4. The van der Waals surface area contributed by atoms with Crippen LogP contribution >= 0.6 is 0 Å². The van der Waals surface area contributed by atoms with E-state index in [4.69, 9.17) is 19.4 Å². The first-order valence-corrected chi connectivity index (χ1v) is 20.1. The zero-order chi connectivity index (χ0) is 41.8. The molecule has 2 fully saturated rings. The zero-order valence-electron chi connectivity index (χ0n) is 35.1. The van der Waals surface area contributed by atoms with Gasteiger partial charge >= 0.3 is 12.2 Å². The molecular formula is C44H56N8O6. The molecule has 0 saturated carbocycles. The fourth-order valence-electron chi connectivity index (χ4n) is 8.83. The van der Waals surface area contributed by atoms with E-state index < -0.39 is 24.3 Å². The molecule has 7 rings (SSSR count). The summed E-state index contributed by atoms with van der Waals surface area (Å²) in [6, 6.07) is 10.8. The van der Waals surface area contributed by atoms with E-state index in [1.54, 1.807) is 0 Å². The number of hydrogen-bond donors (Lipinski definition) is 4. The lowest BCUT2D eigenvalue weighted by Crippen LogP contribution is -2.51. The summed E-state index contributed by atoms with van der Waals surface area (Å²) < 4.78 is 9.62. The van der Waals surface area contributed by atoms with Gasteiger partial charge in [-0.25, -0.2) is 19.6 Å². The van der Waals surface area contributed by atoms with Crippen LogP contribution in [0, 0.1) is 43.5 Å². The number of hydrogen-bond acceptors (Lipinski definition) is 8. The molecule has 2 saturated heterocycles. The summed E-state index contributed by atoms with van der Waals surface area (Å²) in [5.41, 5.74) is 3.44. The number of H-pyrrole nitrogens is 2. The second kappa shape index (κ2) is 15.3. The van der Waals surface area contributed by atoms with Crippen molar-refractivity contribution in [2.24, 2.45) is 22.7 Å². The molecule has 3 aliphatic rings. The Labute approximate surface area is 338 Å². The maximum absolute atomic E-state index is 13.9. The van der Waals surface area contributed by atoms with Crippen molar-refractivity contribution in [3.8, 4) is 22.5 Å². The molecule has 2 aliphatic heterocycles. The molecule has 4 N–H and O–H groups in total. The molecule has 4 aromatic rings. The number of alkyl carbamates (subject to hydrolysis) is 2. The molecule has 0 spiro atoms. The monoisotopic (exact) mass is 792 g/mol. The highest BCUT2D eigenvalue weighted by Gasteiger charge is 2.46. The van der Waals surface area contributed by atoms with E-state index in [0.717, 1.165) is 56.2 Å². The topological polar surface area (TPSA) is 175 Å². The van der Waals surface area contributed by atoms with Gasteiger partial charge in [-0.15, -0.1) is 0 Å². The van der Waals surface area contributed by atoms with Crippen LogP contribution in [0.3, 0.4) is 0 Å². The number of rotatable bonds is 10. The average Bonchev–Trinajstić information content (AvgIpc) is 3.98. The predicted octanol–water partition coefficient (Wildman–Crippen LogP) is 6.71. The molecule has 1 aliphatic carbocycles. The summed E-state index contributed by atoms with van der Waals surface area (Å²) >= 11 is 0. The van der Waals surface area contributed by atoms with Crippen LogP contribution in [-0.4, -0.2) is 93.1 Å². The lowest BCUT2D eigenvalue weighted by atomic mass is 9.90. The number of imidazole rings is 2. The quantitative estimate of drug-likeness (QED) is 0.121. The molecule has 14 nitrogen and oxygen atoms in total. The number of likely N-dealkylation sites (tertiary alicyclic amines) is 2. The highest BCUT2D eigenvalue weighted by molar-refractivity contribution is 5.87. The number of nitrogens with zero attached hydrogens (tertiary/aromatic N) is 4. The standard InChI is InChI=1S/C44H56N8O6/c1-23(2)35(49-41(55)57-9)39(53)51-21-43(5,6)17-33(51)37-45-19-31(47-37)25-11-13-27-29(15-25)28-14-12-26(16-30(27)28)32-20-46-38(48-32)34-18-44(7,8)22-52(34)40(54)36(24(3)4)50-42(56)58-10/h11-16,19-20,23-24,33-36H,17-18,21-22H2,1-10H3,(H,45,47)(H,46,48)(H,49,55)(H,50,56)/t33-,34-,35-,36-/m0/s1. The van der Waals surface area contributed by atoms with Crippen LogP contribution in [-0.2, 0) is 19.1 Å². The maximum atomic E-state index is 13.9. The molecule has 0 radical (unpaired) electrons. The molecule has 0 bridgehead atoms. The van der Waals surface area contributed by atoms with Crippen LogP contribution < -0.4 is 10.6 Å². The second-order valence-corrected chi connectivity index (χ2v) is 18.3. The van der Waals surface area contributed by atoms with Crippen LogP contribution in [0.25, 0.3) is 22.5 Å². The van der Waals surface area contributed by atoms with Gasteiger partial charge in [0.1, 0.15) is 23.7 Å². The Morgan fingerprint density at radius 3 is 1.38 bits per heavy atom. The van der Waals surface area contributed by atoms with Gasteiger partial charge in [0.25, 0.3) is 0 Å². The van der Waals surface area contributed by atoms with Crippen LogP contribution in [0.2, 0.25) is 0 Å². The Balaban J connectivity index is 1.12. The van der Waals surface area contributed by atoms with Gasteiger partial charge in [-0.05, 0) is 68.5 Å². The number of carbonyl (C=O) groups is 4. The third kappa shape index (κ3) is 7.68. The Hall–Kier alpha value is -5.66. The van der Waals surface area contributed by atoms with Crippen molar-refractivity contribution in [3.63, 3.8) is 0 Å². The smallest absolute Gasteiger partial charge is 0.407 e. The Kier molecular flexibility index (Phi) is 10.7. The van der Waals surface area contributed by atoms with E-state index >= 15 is 0 Å². The van der Waals surface area contributed by atoms with E-state index in [1.807, 2.05) is 49.9 Å². The highest BCUT2D eigenvalue weighted by Crippen LogP contribution is 2.44. The van der Waals surface area contributed by atoms with Gasteiger partial charge in [0, 0.05) is 24.2 Å². The number of methoxy groups -OCH3 is 2. The third-order valence-electron chi connectivity index (χ3n) is 11.9. The van der Waals surface area contributed by atoms with Gasteiger partial charge < -0.3 is 39.9 Å². The fourth-order valence-corrected chi connectivity index (χ4v) is 8.83. The van der Waals surface area contributed by atoms with Crippen molar-refractivity contribution in [1.82, 2.24) is 40.4 Å². The summed E-state index contributed by atoms with van der Waals surface area (Å²) in [5, 5.41) is 10.1. The van der Waals surface area contributed by atoms with Crippen molar-refractivity contribution in [1.29, 1.82) is 0 Å². The molecule has 4 heterocycles. The summed E-state index contributed by atoms with van der Waals surface area (Å²) in [6.07, 6.45) is 3.86. The van der Waals surface area contributed by atoms with Crippen molar-refractivity contribution in [2.75, 3.05) is 27.3 Å². The van der Waals surface area contributed by atoms with E-state index in [0.29, 0.717) is 24.7 Å². The summed E-state index contributed by atoms with van der Waals surface area (Å²) in [5.74, 6) is 0.871. The van der Waals surface area contributed by atoms with E-state index in [-0.39, 0.29) is 46.6 Å². The number of aromatic amines is 2. The molecular weight excluding hydrogens is 737 g/mol. The molecule has 4 atom stereocenters. The van der Waals surface area contributed by atoms with E-state index in [1.165, 1.54) is 14.2 Å². The fraction of sp³-hybridized carbons (Fsp3) is 0.500. The third-order valence-corrected chi connectivity index (χ3v) is 11.9. The predicted molar refractivity (Wildman–Crippen MR) is 217 cm³/mol. The molecule has 4 amide bonds. The minimum atomic E-state index is -0.719. The Morgan fingerprint density at radius 2 is 1.03 bits per heavy atom.